The van der Waals surface area contributed by atoms with Gasteiger partial charge in [-0.1, -0.05) is 17.7 Å². The second-order valence-corrected chi connectivity index (χ2v) is 3.60. The molecular weight excluding hydrogens is 212 g/mol. The Morgan fingerprint density at radius 3 is 2.87 bits per heavy atom. The lowest BCUT2D eigenvalue weighted by atomic mass is 10.2. The number of furan rings is 1. The quantitative estimate of drug-likeness (QED) is 0.785. The molecule has 0 spiro atoms. The number of para-hydroxylation sites is 1. The minimum atomic E-state index is 0.624. The molecule has 15 heavy (non-hydrogen) atoms. The van der Waals surface area contributed by atoms with Crippen LogP contribution in [0, 0.1) is 0 Å². The second-order valence-electron chi connectivity index (χ2n) is 3.19. The van der Waals surface area contributed by atoms with Gasteiger partial charge in [0, 0.05) is 12.1 Å². The van der Waals surface area contributed by atoms with Crippen LogP contribution in [0.5, 0.6) is 0 Å². The average Bonchev–Trinajstić information content (AvgIpc) is 2.70. The molecule has 0 saturated carbocycles. The minimum absolute atomic E-state index is 0.624. The van der Waals surface area contributed by atoms with Crippen LogP contribution in [-0.4, -0.2) is 0 Å². The Bertz CT molecular complexity index is 420. The Morgan fingerprint density at radius 2 is 2.20 bits per heavy atom. The number of nitrogen functional groups attached to an aromatic ring is 1. The van der Waals surface area contributed by atoms with Crippen molar-refractivity contribution >= 4 is 23.0 Å². The number of anilines is 2. The first-order valence-electron chi connectivity index (χ1n) is 4.56. The van der Waals surface area contributed by atoms with E-state index in [1.165, 1.54) is 0 Å². The number of nitrogens with one attached hydrogen (secondary N) is 1. The molecule has 0 aliphatic rings. The molecule has 0 fully saturated rings. The predicted octanol–water partition coefficient (Wildman–Crippen LogP) is 3.13. The lowest BCUT2D eigenvalue weighted by Gasteiger charge is -2.09. The van der Waals surface area contributed by atoms with Gasteiger partial charge >= 0.3 is 0 Å². The Kier molecular flexibility index (Phi) is 2.83. The molecule has 0 aliphatic carbocycles. The fourth-order valence-corrected chi connectivity index (χ4v) is 1.56. The van der Waals surface area contributed by atoms with Crippen LogP contribution < -0.4 is 11.1 Å². The van der Waals surface area contributed by atoms with Gasteiger partial charge in [-0.3, -0.25) is 0 Å². The van der Waals surface area contributed by atoms with Crippen LogP contribution >= 0.6 is 11.6 Å². The van der Waals surface area contributed by atoms with Crippen LogP contribution in [-0.2, 0) is 6.54 Å². The number of hydrogen-bond donors (Lipinski definition) is 2. The maximum atomic E-state index is 6.00. The largest absolute Gasteiger partial charge is 0.472 e. The van der Waals surface area contributed by atoms with Gasteiger partial charge in [0.25, 0.3) is 0 Å². The van der Waals surface area contributed by atoms with Gasteiger partial charge in [0.05, 0.1) is 28.9 Å². The molecule has 0 radical (unpaired) electrons. The standard InChI is InChI=1S/C11H11ClN2O/c12-9-2-1-3-10(13)11(9)14-6-8-4-5-15-7-8/h1-5,7,14H,6,13H2. The molecular formula is C11H11ClN2O. The summed E-state index contributed by atoms with van der Waals surface area (Å²) in [4.78, 5) is 0. The number of halogens is 1. The van der Waals surface area contributed by atoms with Gasteiger partial charge in [-0.25, -0.2) is 0 Å². The summed E-state index contributed by atoms with van der Waals surface area (Å²) in [6.45, 7) is 0.643. The highest BCUT2D eigenvalue weighted by Crippen LogP contribution is 2.28. The molecule has 78 valence electrons. The van der Waals surface area contributed by atoms with Gasteiger partial charge < -0.3 is 15.5 Å². The normalized spacial score (nSPS) is 10.2. The van der Waals surface area contributed by atoms with E-state index >= 15 is 0 Å². The highest BCUT2D eigenvalue weighted by molar-refractivity contribution is 6.33. The molecule has 0 bridgehead atoms. The van der Waals surface area contributed by atoms with E-state index in [2.05, 4.69) is 5.32 Å². The summed E-state index contributed by atoms with van der Waals surface area (Å²) in [5, 5.41) is 3.79. The number of hydrogen-bond acceptors (Lipinski definition) is 3. The van der Waals surface area contributed by atoms with Crippen LogP contribution in [0.2, 0.25) is 5.02 Å². The molecule has 2 rings (SSSR count). The summed E-state index contributed by atoms with van der Waals surface area (Å²) < 4.78 is 4.96. The lowest BCUT2D eigenvalue weighted by molar-refractivity contribution is 0.564. The first-order valence-corrected chi connectivity index (χ1v) is 4.94. The zero-order valence-corrected chi connectivity index (χ0v) is 8.79. The Labute approximate surface area is 92.8 Å². The summed E-state index contributed by atoms with van der Waals surface area (Å²) in [7, 11) is 0. The van der Waals surface area contributed by atoms with Crippen molar-refractivity contribution in [1.82, 2.24) is 0 Å². The fourth-order valence-electron chi connectivity index (χ4n) is 1.31. The molecule has 0 atom stereocenters. The van der Waals surface area contributed by atoms with Gasteiger partial charge in [0.1, 0.15) is 0 Å². The molecule has 3 nitrogen and oxygen atoms in total. The molecule has 4 heteroatoms. The van der Waals surface area contributed by atoms with Crippen LogP contribution in [0.3, 0.4) is 0 Å². The third kappa shape index (κ3) is 2.25. The molecule has 3 N–H and O–H groups in total. The molecule has 1 aromatic carbocycles. The SMILES string of the molecule is Nc1cccc(Cl)c1NCc1ccoc1. The minimum Gasteiger partial charge on any atom is -0.472 e. The van der Waals surface area contributed by atoms with Gasteiger partial charge in [-0.05, 0) is 18.2 Å². The first-order chi connectivity index (χ1) is 7.27. The maximum absolute atomic E-state index is 6.00. The summed E-state index contributed by atoms with van der Waals surface area (Å²) in [6, 6.07) is 7.32. The Balaban J connectivity index is 2.11. The molecule has 0 saturated heterocycles. The van der Waals surface area contributed by atoms with E-state index in [4.69, 9.17) is 21.8 Å². The zero-order chi connectivity index (χ0) is 10.7. The van der Waals surface area contributed by atoms with Crippen molar-refractivity contribution in [3.05, 3.63) is 47.4 Å². The van der Waals surface area contributed by atoms with Gasteiger partial charge in [-0.15, -0.1) is 0 Å². The Morgan fingerprint density at radius 1 is 1.33 bits per heavy atom. The Hall–Kier alpha value is -1.61. The lowest BCUT2D eigenvalue weighted by Crippen LogP contribution is -2.02. The molecule has 0 unspecified atom stereocenters. The topological polar surface area (TPSA) is 51.2 Å². The summed E-state index contributed by atoms with van der Waals surface area (Å²) in [6.07, 6.45) is 3.31. The predicted molar refractivity (Wildman–Crippen MR) is 61.9 cm³/mol. The highest BCUT2D eigenvalue weighted by atomic mass is 35.5. The van der Waals surface area contributed by atoms with Crippen molar-refractivity contribution in [1.29, 1.82) is 0 Å². The van der Waals surface area contributed by atoms with E-state index in [0.717, 1.165) is 11.3 Å². The van der Waals surface area contributed by atoms with Crippen molar-refractivity contribution in [2.75, 3.05) is 11.1 Å². The van der Waals surface area contributed by atoms with E-state index in [9.17, 15) is 0 Å². The van der Waals surface area contributed by atoms with E-state index in [1.54, 1.807) is 18.6 Å². The van der Waals surface area contributed by atoms with Crippen molar-refractivity contribution in [2.45, 2.75) is 6.54 Å². The van der Waals surface area contributed by atoms with Crippen LogP contribution in [0.1, 0.15) is 5.56 Å². The molecule has 2 aromatic rings. The van der Waals surface area contributed by atoms with Crippen molar-refractivity contribution in [2.24, 2.45) is 0 Å². The molecule has 0 aliphatic heterocycles. The van der Waals surface area contributed by atoms with Crippen LogP contribution in [0.15, 0.2) is 41.2 Å². The smallest absolute Gasteiger partial charge is 0.0952 e. The first kappa shape index (κ1) is 9.93. The summed E-state index contributed by atoms with van der Waals surface area (Å²) in [5.74, 6) is 0. The number of benzene rings is 1. The van der Waals surface area contributed by atoms with E-state index in [-0.39, 0.29) is 0 Å². The van der Waals surface area contributed by atoms with Gasteiger partial charge in [0.2, 0.25) is 0 Å². The van der Waals surface area contributed by atoms with E-state index in [0.29, 0.717) is 17.3 Å². The highest BCUT2D eigenvalue weighted by Gasteiger charge is 2.03. The average molecular weight is 223 g/mol. The second kappa shape index (κ2) is 4.28. The fraction of sp³-hybridized carbons (Fsp3) is 0.0909. The van der Waals surface area contributed by atoms with Crippen molar-refractivity contribution < 1.29 is 4.42 Å². The summed E-state index contributed by atoms with van der Waals surface area (Å²) >= 11 is 6.00. The van der Waals surface area contributed by atoms with Crippen molar-refractivity contribution in [3.8, 4) is 0 Å². The number of rotatable bonds is 3. The molecule has 1 heterocycles. The van der Waals surface area contributed by atoms with E-state index in [1.807, 2.05) is 18.2 Å². The molecule has 0 amide bonds. The summed E-state index contributed by atoms with van der Waals surface area (Å²) in [5.41, 5.74) is 8.25. The van der Waals surface area contributed by atoms with Crippen molar-refractivity contribution in [3.63, 3.8) is 0 Å². The maximum Gasteiger partial charge on any atom is 0.0952 e. The van der Waals surface area contributed by atoms with E-state index < -0.39 is 0 Å². The van der Waals surface area contributed by atoms with Crippen LogP contribution in [0.4, 0.5) is 11.4 Å². The van der Waals surface area contributed by atoms with Gasteiger partial charge in [0.15, 0.2) is 0 Å². The zero-order valence-electron chi connectivity index (χ0n) is 8.03. The van der Waals surface area contributed by atoms with Crippen LogP contribution in [0.25, 0.3) is 0 Å². The molecule has 1 aromatic heterocycles. The number of nitrogens with two attached hydrogens (primary N) is 1. The monoisotopic (exact) mass is 222 g/mol. The van der Waals surface area contributed by atoms with Gasteiger partial charge in [-0.2, -0.15) is 0 Å². The third-order valence-electron chi connectivity index (χ3n) is 2.10. The third-order valence-corrected chi connectivity index (χ3v) is 2.41.